The number of aliphatic hydroxyl groups is 2. The summed E-state index contributed by atoms with van der Waals surface area (Å²) in [5.74, 6) is -3.82. The second-order valence-electron chi connectivity index (χ2n) is 4.76. The molecule has 9 heteroatoms. The Bertz CT molecular complexity index is 592. The van der Waals surface area contributed by atoms with Crippen LogP contribution in [0.1, 0.15) is 12.6 Å². The monoisotopic (exact) mass is 275 g/mol. The molecule has 1 saturated carbocycles. The van der Waals surface area contributed by atoms with Crippen molar-refractivity contribution in [2.75, 3.05) is 5.73 Å². The average molecular weight is 275 g/mol. The smallest absolute Gasteiger partial charge is 0.351 e. The topological polar surface area (TPSA) is 111 Å². The Balaban J connectivity index is 2.04. The molecule has 0 amide bonds. The minimum atomic E-state index is -3.71. The lowest BCUT2D eigenvalue weighted by atomic mass is 10.1. The van der Waals surface area contributed by atoms with Crippen molar-refractivity contribution in [1.29, 1.82) is 0 Å². The molecule has 1 spiro atoms. The Morgan fingerprint density at radius 2 is 2.16 bits per heavy atom. The van der Waals surface area contributed by atoms with Gasteiger partial charge in [0.05, 0.1) is 6.10 Å². The highest BCUT2D eigenvalue weighted by Gasteiger charge is 2.76. The van der Waals surface area contributed by atoms with E-state index < -0.39 is 35.6 Å². The number of aliphatic hydroxyl groups excluding tert-OH is 2. The van der Waals surface area contributed by atoms with Gasteiger partial charge in [-0.15, -0.1) is 0 Å². The van der Waals surface area contributed by atoms with Crippen LogP contribution >= 0.6 is 0 Å². The molecular formula is C10H11F2N3O4. The molecule has 1 aromatic heterocycles. The van der Waals surface area contributed by atoms with E-state index in [2.05, 4.69) is 4.98 Å². The van der Waals surface area contributed by atoms with Crippen molar-refractivity contribution in [3.63, 3.8) is 0 Å². The summed E-state index contributed by atoms with van der Waals surface area (Å²) in [5.41, 5.74) is 2.56. The van der Waals surface area contributed by atoms with E-state index >= 15 is 0 Å². The molecule has 0 bridgehead atoms. The van der Waals surface area contributed by atoms with Crippen LogP contribution in [0.25, 0.3) is 0 Å². The number of ether oxygens (including phenoxy) is 1. The van der Waals surface area contributed by atoms with E-state index in [1.165, 1.54) is 6.07 Å². The number of hydrogen-bond donors (Lipinski definition) is 3. The van der Waals surface area contributed by atoms with Crippen LogP contribution in [0.4, 0.5) is 14.6 Å². The van der Waals surface area contributed by atoms with Crippen molar-refractivity contribution < 1.29 is 23.7 Å². The molecule has 104 valence electrons. The van der Waals surface area contributed by atoms with E-state index in [0.717, 1.165) is 6.20 Å². The van der Waals surface area contributed by atoms with E-state index in [1.807, 2.05) is 0 Å². The predicted octanol–water partition coefficient (Wildman–Crippen LogP) is -1.15. The number of halogens is 2. The van der Waals surface area contributed by atoms with Gasteiger partial charge in [-0.3, -0.25) is 4.57 Å². The zero-order valence-corrected chi connectivity index (χ0v) is 9.53. The molecule has 7 nitrogen and oxygen atoms in total. The van der Waals surface area contributed by atoms with Crippen LogP contribution in [0.15, 0.2) is 17.1 Å². The van der Waals surface area contributed by atoms with Crippen LogP contribution in [-0.2, 0) is 4.74 Å². The summed E-state index contributed by atoms with van der Waals surface area (Å²) in [6, 6.07) is 1.17. The number of nitrogen functional groups attached to an aromatic ring is 1. The molecule has 0 radical (unpaired) electrons. The van der Waals surface area contributed by atoms with Gasteiger partial charge in [0.15, 0.2) is 6.10 Å². The third-order valence-electron chi connectivity index (χ3n) is 3.51. The summed E-state index contributed by atoms with van der Waals surface area (Å²) >= 11 is 0. The summed E-state index contributed by atoms with van der Waals surface area (Å²) in [6.45, 7) is 0. The van der Waals surface area contributed by atoms with E-state index in [9.17, 15) is 23.8 Å². The Hall–Kier alpha value is -1.58. The molecule has 4 atom stereocenters. The molecule has 0 aromatic carbocycles. The van der Waals surface area contributed by atoms with Crippen molar-refractivity contribution in [2.45, 2.75) is 36.4 Å². The van der Waals surface area contributed by atoms with E-state index in [4.69, 9.17) is 10.5 Å². The molecule has 3 rings (SSSR count). The molecule has 2 fully saturated rings. The standard InChI is InChI=1S/C10H11F2N3O4/c11-10(12)6(17)9(3-4(9)16)19-7(10)15-2-1-5(13)14-8(15)18/h1-2,4,6-7,16-17H,3H2,(H2,13,14,18)/t4-,6+,7+,9?/m0/s1. The van der Waals surface area contributed by atoms with Gasteiger partial charge in [-0.1, -0.05) is 0 Å². The molecular weight excluding hydrogens is 264 g/mol. The quantitative estimate of drug-likeness (QED) is 0.597. The molecule has 1 aliphatic carbocycles. The van der Waals surface area contributed by atoms with Crippen LogP contribution in [0.5, 0.6) is 0 Å². The fraction of sp³-hybridized carbons (Fsp3) is 0.600. The zero-order chi connectivity index (χ0) is 14.0. The summed E-state index contributed by atoms with van der Waals surface area (Å²) in [4.78, 5) is 14.9. The van der Waals surface area contributed by atoms with Crippen molar-refractivity contribution in [3.05, 3.63) is 22.7 Å². The van der Waals surface area contributed by atoms with Gasteiger partial charge in [0, 0.05) is 12.6 Å². The molecule has 4 N–H and O–H groups in total. The largest absolute Gasteiger partial charge is 0.390 e. The lowest BCUT2D eigenvalue weighted by Crippen LogP contribution is -2.42. The number of nitrogens with two attached hydrogens (primary N) is 1. The van der Waals surface area contributed by atoms with Gasteiger partial charge in [0.25, 0.3) is 0 Å². The summed E-state index contributed by atoms with van der Waals surface area (Å²) in [5, 5.41) is 19.0. The number of anilines is 1. The third kappa shape index (κ3) is 1.52. The highest BCUT2D eigenvalue weighted by Crippen LogP contribution is 2.58. The summed E-state index contributed by atoms with van der Waals surface area (Å²) < 4.78 is 33.5. The van der Waals surface area contributed by atoms with Crippen molar-refractivity contribution in [3.8, 4) is 0 Å². The maximum atomic E-state index is 14.0. The predicted molar refractivity (Wildman–Crippen MR) is 57.3 cm³/mol. The molecule has 2 heterocycles. The third-order valence-corrected chi connectivity index (χ3v) is 3.51. The Labute approximate surface area is 105 Å². The van der Waals surface area contributed by atoms with Crippen LogP contribution in [-0.4, -0.2) is 43.5 Å². The molecule has 19 heavy (non-hydrogen) atoms. The second-order valence-corrected chi connectivity index (χ2v) is 4.76. The number of hydrogen-bond acceptors (Lipinski definition) is 6. The maximum Gasteiger partial charge on any atom is 0.351 e. The van der Waals surface area contributed by atoms with Gasteiger partial charge >= 0.3 is 11.6 Å². The van der Waals surface area contributed by atoms with Crippen LogP contribution in [0, 0.1) is 0 Å². The normalized spacial score (nSPS) is 39.7. The van der Waals surface area contributed by atoms with Gasteiger partial charge < -0.3 is 20.7 Å². The number of alkyl halides is 2. The van der Waals surface area contributed by atoms with E-state index in [0.29, 0.717) is 4.57 Å². The second kappa shape index (κ2) is 3.50. The van der Waals surface area contributed by atoms with E-state index in [1.54, 1.807) is 0 Å². The molecule has 1 saturated heterocycles. The first kappa shape index (κ1) is 12.5. The van der Waals surface area contributed by atoms with Gasteiger partial charge in [0.1, 0.15) is 11.4 Å². The Kier molecular flexibility index (Phi) is 2.29. The van der Waals surface area contributed by atoms with E-state index in [-0.39, 0.29) is 12.2 Å². The highest BCUT2D eigenvalue weighted by atomic mass is 19.3. The van der Waals surface area contributed by atoms with Gasteiger partial charge in [-0.25, -0.2) is 4.79 Å². The minimum Gasteiger partial charge on any atom is -0.390 e. The van der Waals surface area contributed by atoms with Crippen molar-refractivity contribution >= 4 is 5.82 Å². The number of nitrogens with zero attached hydrogens (tertiary/aromatic N) is 2. The first-order valence-electron chi connectivity index (χ1n) is 5.55. The summed E-state index contributed by atoms with van der Waals surface area (Å²) in [7, 11) is 0. The Morgan fingerprint density at radius 3 is 2.63 bits per heavy atom. The lowest BCUT2D eigenvalue weighted by Gasteiger charge is -2.20. The minimum absolute atomic E-state index is 0.0998. The fourth-order valence-electron chi connectivity index (χ4n) is 2.32. The number of rotatable bonds is 1. The van der Waals surface area contributed by atoms with Gasteiger partial charge in [0.2, 0.25) is 6.23 Å². The molecule has 1 aromatic rings. The molecule has 2 aliphatic rings. The SMILES string of the molecule is Nc1ccn([C@@H]2OC3(C[C@@H]3O)[C@@H](O)C2(F)F)c(=O)n1. The van der Waals surface area contributed by atoms with Crippen molar-refractivity contribution in [1.82, 2.24) is 9.55 Å². The van der Waals surface area contributed by atoms with Crippen LogP contribution < -0.4 is 11.4 Å². The Morgan fingerprint density at radius 1 is 1.53 bits per heavy atom. The molecule has 1 aliphatic heterocycles. The summed E-state index contributed by atoms with van der Waals surface area (Å²) in [6.07, 6.45) is -4.44. The first-order valence-corrected chi connectivity index (χ1v) is 5.55. The van der Waals surface area contributed by atoms with Gasteiger partial charge in [-0.05, 0) is 6.07 Å². The van der Waals surface area contributed by atoms with Gasteiger partial charge in [-0.2, -0.15) is 13.8 Å². The fourth-order valence-corrected chi connectivity index (χ4v) is 2.32. The highest BCUT2D eigenvalue weighted by molar-refractivity contribution is 5.25. The van der Waals surface area contributed by atoms with Crippen molar-refractivity contribution in [2.24, 2.45) is 0 Å². The number of aromatic nitrogens is 2. The first-order chi connectivity index (χ1) is 8.79. The zero-order valence-electron chi connectivity index (χ0n) is 9.53. The van der Waals surface area contributed by atoms with Crippen LogP contribution in [0.3, 0.4) is 0 Å². The molecule has 1 unspecified atom stereocenters. The average Bonchev–Trinajstić information content (AvgIpc) is 2.92. The lowest BCUT2D eigenvalue weighted by molar-refractivity contribution is -0.141. The van der Waals surface area contributed by atoms with Crippen LogP contribution in [0.2, 0.25) is 0 Å². The maximum absolute atomic E-state index is 14.0.